The molecule has 0 unspecified atom stereocenters. The summed E-state index contributed by atoms with van der Waals surface area (Å²) in [5, 5.41) is 4.02. The molecule has 0 aliphatic carbocycles. The van der Waals surface area contributed by atoms with Gasteiger partial charge in [0.05, 0.1) is 25.5 Å². The molecule has 1 saturated heterocycles. The first kappa shape index (κ1) is 21.9. The topological polar surface area (TPSA) is 89.7 Å². The molecule has 3 aromatic rings. The zero-order chi connectivity index (χ0) is 22.8. The van der Waals surface area contributed by atoms with Gasteiger partial charge < -0.3 is 24.1 Å². The SMILES string of the molecule is COc1ccc(CNC(=O)[C@@H]2CCCN(c3nc(C)nc4oc(C)c(C)c34)C2)c(OC)c1. The molecule has 0 bridgehead atoms. The second-order valence-electron chi connectivity index (χ2n) is 8.24. The molecular formula is C24H30N4O4. The summed E-state index contributed by atoms with van der Waals surface area (Å²) < 4.78 is 16.5. The Morgan fingerprint density at radius 3 is 2.78 bits per heavy atom. The van der Waals surface area contributed by atoms with Gasteiger partial charge in [-0.1, -0.05) is 0 Å². The predicted octanol–water partition coefficient (Wildman–Crippen LogP) is 3.70. The number of hydrogen-bond acceptors (Lipinski definition) is 7. The molecule has 1 aliphatic rings. The van der Waals surface area contributed by atoms with Gasteiger partial charge in [0.1, 0.15) is 28.9 Å². The largest absolute Gasteiger partial charge is 0.497 e. The average molecular weight is 439 g/mol. The standard InChI is InChI=1S/C24H30N4O4/c1-14-15(2)32-24-21(14)22(26-16(3)27-24)28-10-6-7-18(13-28)23(29)25-12-17-8-9-19(30-4)11-20(17)31-5/h8-9,11,18H,6-7,10,12-13H2,1-5H3,(H,25,29)/t18-/m1/s1. The summed E-state index contributed by atoms with van der Waals surface area (Å²) >= 11 is 0. The molecule has 8 nitrogen and oxygen atoms in total. The summed E-state index contributed by atoms with van der Waals surface area (Å²) in [4.78, 5) is 24.4. The van der Waals surface area contributed by atoms with Gasteiger partial charge in [0, 0.05) is 36.8 Å². The van der Waals surface area contributed by atoms with Crippen molar-refractivity contribution >= 4 is 22.8 Å². The number of nitrogens with one attached hydrogen (secondary N) is 1. The van der Waals surface area contributed by atoms with Gasteiger partial charge in [0.2, 0.25) is 11.6 Å². The molecule has 0 spiro atoms. The van der Waals surface area contributed by atoms with Crippen LogP contribution in [0.25, 0.3) is 11.1 Å². The summed E-state index contributed by atoms with van der Waals surface area (Å²) in [6, 6.07) is 5.60. The molecular weight excluding hydrogens is 408 g/mol. The van der Waals surface area contributed by atoms with Crippen LogP contribution >= 0.6 is 0 Å². The number of methoxy groups -OCH3 is 2. The summed E-state index contributed by atoms with van der Waals surface area (Å²) in [6.07, 6.45) is 1.77. The van der Waals surface area contributed by atoms with Gasteiger partial charge in [-0.2, -0.15) is 4.98 Å². The van der Waals surface area contributed by atoms with Gasteiger partial charge >= 0.3 is 0 Å². The first-order chi connectivity index (χ1) is 15.4. The maximum Gasteiger partial charge on any atom is 0.231 e. The highest BCUT2D eigenvalue weighted by Gasteiger charge is 2.29. The second kappa shape index (κ2) is 9.06. The molecule has 1 aliphatic heterocycles. The highest BCUT2D eigenvalue weighted by Crippen LogP contribution is 2.33. The number of aromatic nitrogens is 2. The van der Waals surface area contributed by atoms with Crippen LogP contribution in [0.1, 0.15) is 35.6 Å². The van der Waals surface area contributed by atoms with E-state index in [1.165, 1.54) is 0 Å². The third-order valence-corrected chi connectivity index (χ3v) is 6.16. The van der Waals surface area contributed by atoms with Crippen LogP contribution in [0.4, 0.5) is 5.82 Å². The van der Waals surface area contributed by atoms with Gasteiger partial charge in [-0.15, -0.1) is 0 Å². The fourth-order valence-electron chi connectivity index (χ4n) is 4.27. The predicted molar refractivity (Wildman–Crippen MR) is 122 cm³/mol. The van der Waals surface area contributed by atoms with E-state index in [1.54, 1.807) is 14.2 Å². The van der Waals surface area contributed by atoms with Crippen LogP contribution < -0.4 is 19.7 Å². The lowest BCUT2D eigenvalue weighted by atomic mass is 9.96. The Hall–Kier alpha value is -3.29. The average Bonchev–Trinajstić information content (AvgIpc) is 3.09. The van der Waals surface area contributed by atoms with E-state index in [0.717, 1.165) is 53.2 Å². The van der Waals surface area contributed by atoms with E-state index in [1.807, 2.05) is 39.0 Å². The van der Waals surface area contributed by atoms with Crippen molar-refractivity contribution < 1.29 is 18.7 Å². The quantitative estimate of drug-likeness (QED) is 0.628. The Bertz CT molecular complexity index is 1140. The van der Waals surface area contributed by atoms with Crippen LogP contribution in [-0.2, 0) is 11.3 Å². The summed E-state index contributed by atoms with van der Waals surface area (Å²) in [7, 11) is 3.23. The van der Waals surface area contributed by atoms with Crippen molar-refractivity contribution in [2.45, 2.75) is 40.2 Å². The Kier molecular flexibility index (Phi) is 6.21. The molecule has 2 aromatic heterocycles. The minimum Gasteiger partial charge on any atom is -0.497 e. The number of rotatable bonds is 6. The Morgan fingerprint density at radius 1 is 1.22 bits per heavy atom. The minimum absolute atomic E-state index is 0.0367. The number of piperidine rings is 1. The van der Waals surface area contributed by atoms with Crippen LogP contribution in [0.5, 0.6) is 11.5 Å². The molecule has 32 heavy (non-hydrogen) atoms. The van der Waals surface area contributed by atoms with Crippen molar-refractivity contribution in [3.05, 3.63) is 40.9 Å². The summed E-state index contributed by atoms with van der Waals surface area (Å²) in [5.74, 6) is 3.70. The monoisotopic (exact) mass is 438 g/mol. The molecule has 1 aromatic carbocycles. The molecule has 0 saturated carbocycles. The van der Waals surface area contributed by atoms with E-state index in [-0.39, 0.29) is 11.8 Å². The van der Waals surface area contributed by atoms with E-state index >= 15 is 0 Å². The first-order valence-electron chi connectivity index (χ1n) is 10.9. The van der Waals surface area contributed by atoms with Gasteiger partial charge in [0.15, 0.2) is 0 Å². The number of ether oxygens (including phenoxy) is 2. The number of anilines is 1. The van der Waals surface area contributed by atoms with Gasteiger partial charge in [0.25, 0.3) is 0 Å². The number of amides is 1. The third kappa shape index (κ3) is 4.22. The number of fused-ring (bicyclic) bond motifs is 1. The minimum atomic E-state index is -0.119. The fraction of sp³-hybridized carbons (Fsp3) is 0.458. The molecule has 1 N–H and O–H groups in total. The lowest BCUT2D eigenvalue weighted by Gasteiger charge is -2.33. The number of carbonyl (C=O) groups is 1. The molecule has 1 fully saturated rings. The van der Waals surface area contributed by atoms with Crippen LogP contribution in [-0.4, -0.2) is 43.2 Å². The second-order valence-corrected chi connectivity index (χ2v) is 8.24. The van der Waals surface area contributed by atoms with Gasteiger partial charge in [-0.05, 0) is 45.7 Å². The maximum absolute atomic E-state index is 13.0. The Balaban J connectivity index is 1.49. The van der Waals surface area contributed by atoms with E-state index < -0.39 is 0 Å². The zero-order valence-electron chi connectivity index (χ0n) is 19.3. The number of benzene rings is 1. The Labute approximate surface area is 187 Å². The van der Waals surface area contributed by atoms with Crippen molar-refractivity contribution in [2.24, 2.45) is 5.92 Å². The lowest BCUT2D eigenvalue weighted by molar-refractivity contribution is -0.125. The molecule has 1 amide bonds. The highest BCUT2D eigenvalue weighted by molar-refractivity contribution is 5.90. The van der Waals surface area contributed by atoms with Crippen molar-refractivity contribution in [2.75, 3.05) is 32.2 Å². The molecule has 170 valence electrons. The number of hydrogen-bond donors (Lipinski definition) is 1. The molecule has 3 heterocycles. The fourth-order valence-corrected chi connectivity index (χ4v) is 4.27. The van der Waals surface area contributed by atoms with Crippen molar-refractivity contribution in [1.29, 1.82) is 0 Å². The normalized spacial score (nSPS) is 16.3. The van der Waals surface area contributed by atoms with Crippen LogP contribution in [0.2, 0.25) is 0 Å². The number of furan rings is 1. The number of aryl methyl sites for hydroxylation is 3. The van der Waals surface area contributed by atoms with Crippen molar-refractivity contribution in [3.63, 3.8) is 0 Å². The molecule has 1 atom stereocenters. The van der Waals surface area contributed by atoms with E-state index in [4.69, 9.17) is 18.9 Å². The third-order valence-electron chi connectivity index (χ3n) is 6.16. The summed E-state index contributed by atoms with van der Waals surface area (Å²) in [5.41, 5.74) is 2.57. The maximum atomic E-state index is 13.0. The van der Waals surface area contributed by atoms with Crippen molar-refractivity contribution in [1.82, 2.24) is 15.3 Å². The molecule has 8 heteroatoms. The van der Waals surface area contributed by atoms with Crippen LogP contribution in [0.3, 0.4) is 0 Å². The van der Waals surface area contributed by atoms with E-state index in [9.17, 15) is 4.79 Å². The highest BCUT2D eigenvalue weighted by atomic mass is 16.5. The van der Waals surface area contributed by atoms with Gasteiger partial charge in [-0.25, -0.2) is 4.98 Å². The van der Waals surface area contributed by atoms with Crippen LogP contribution in [0, 0.1) is 26.7 Å². The first-order valence-corrected chi connectivity index (χ1v) is 10.9. The van der Waals surface area contributed by atoms with Crippen LogP contribution in [0.15, 0.2) is 22.6 Å². The molecule has 4 rings (SSSR count). The number of nitrogens with zero attached hydrogens (tertiary/aromatic N) is 3. The summed E-state index contributed by atoms with van der Waals surface area (Å²) in [6.45, 7) is 7.70. The van der Waals surface area contributed by atoms with E-state index in [2.05, 4.69) is 15.2 Å². The zero-order valence-corrected chi connectivity index (χ0v) is 19.3. The molecule has 0 radical (unpaired) electrons. The lowest BCUT2D eigenvalue weighted by Crippen LogP contribution is -2.43. The Morgan fingerprint density at radius 2 is 2.03 bits per heavy atom. The van der Waals surface area contributed by atoms with E-state index in [0.29, 0.717) is 30.4 Å². The number of carbonyl (C=O) groups excluding carboxylic acids is 1. The van der Waals surface area contributed by atoms with Gasteiger partial charge in [-0.3, -0.25) is 4.79 Å². The van der Waals surface area contributed by atoms with Crippen molar-refractivity contribution in [3.8, 4) is 11.5 Å². The smallest absolute Gasteiger partial charge is 0.231 e.